The van der Waals surface area contributed by atoms with Crippen molar-refractivity contribution in [3.05, 3.63) is 29.6 Å². The van der Waals surface area contributed by atoms with Gasteiger partial charge in [0.05, 0.1) is 12.5 Å². The summed E-state index contributed by atoms with van der Waals surface area (Å²) in [5.74, 6) is 0.467. The number of hydrogen-bond donors (Lipinski definition) is 0. The third-order valence-corrected chi connectivity index (χ3v) is 3.14. The van der Waals surface area contributed by atoms with Crippen LogP contribution >= 0.6 is 11.6 Å². The van der Waals surface area contributed by atoms with Crippen LogP contribution < -0.4 is 4.74 Å². The van der Waals surface area contributed by atoms with E-state index in [1.165, 1.54) is 13.2 Å². The third-order valence-electron chi connectivity index (χ3n) is 2.53. The van der Waals surface area contributed by atoms with Crippen LogP contribution in [-0.2, 0) is 0 Å². The molecule has 0 radical (unpaired) electrons. The Kier molecular flexibility index (Phi) is 2.64. The first-order valence-corrected chi connectivity index (χ1v) is 5.13. The van der Waals surface area contributed by atoms with Crippen LogP contribution in [0.25, 0.3) is 0 Å². The quantitative estimate of drug-likeness (QED) is 0.700. The second-order valence-electron chi connectivity index (χ2n) is 3.63. The fourth-order valence-electron chi connectivity index (χ4n) is 1.52. The summed E-state index contributed by atoms with van der Waals surface area (Å²) < 4.78 is 18.1. The molecule has 0 N–H and O–H groups in total. The second kappa shape index (κ2) is 3.77. The van der Waals surface area contributed by atoms with Gasteiger partial charge >= 0.3 is 0 Å². The molecule has 1 fully saturated rings. The second-order valence-corrected chi connectivity index (χ2v) is 4.10. The van der Waals surface area contributed by atoms with E-state index in [0.29, 0.717) is 5.92 Å². The van der Waals surface area contributed by atoms with Crippen molar-refractivity contribution in [1.29, 1.82) is 0 Å². The summed E-state index contributed by atoms with van der Waals surface area (Å²) in [6, 6.07) is 4.93. The Labute approximate surface area is 87.8 Å². The SMILES string of the molecule is COc1ccc(C(Cl)C2CC2)cc1F. The zero-order valence-electron chi connectivity index (χ0n) is 7.97. The highest BCUT2D eigenvalue weighted by Gasteiger charge is 2.31. The molecule has 1 unspecified atom stereocenters. The normalized spacial score (nSPS) is 17.9. The van der Waals surface area contributed by atoms with E-state index in [1.54, 1.807) is 6.07 Å². The van der Waals surface area contributed by atoms with E-state index in [0.717, 1.165) is 18.4 Å². The summed E-state index contributed by atoms with van der Waals surface area (Å²) in [4.78, 5) is 0. The zero-order chi connectivity index (χ0) is 10.1. The molecule has 1 aliphatic rings. The van der Waals surface area contributed by atoms with Crippen molar-refractivity contribution in [3.8, 4) is 5.75 Å². The van der Waals surface area contributed by atoms with Crippen LogP contribution in [0.1, 0.15) is 23.8 Å². The minimum Gasteiger partial charge on any atom is -0.494 e. The van der Waals surface area contributed by atoms with Crippen molar-refractivity contribution in [2.45, 2.75) is 18.2 Å². The van der Waals surface area contributed by atoms with Crippen LogP contribution in [0, 0.1) is 11.7 Å². The number of alkyl halides is 1. The number of hydrogen-bond acceptors (Lipinski definition) is 1. The van der Waals surface area contributed by atoms with E-state index in [4.69, 9.17) is 16.3 Å². The molecule has 14 heavy (non-hydrogen) atoms. The van der Waals surface area contributed by atoms with Crippen molar-refractivity contribution in [2.24, 2.45) is 5.92 Å². The molecule has 0 amide bonds. The van der Waals surface area contributed by atoms with Crippen molar-refractivity contribution >= 4 is 11.6 Å². The lowest BCUT2D eigenvalue weighted by Crippen LogP contribution is -1.95. The Morgan fingerprint density at radius 2 is 2.21 bits per heavy atom. The van der Waals surface area contributed by atoms with Gasteiger partial charge in [-0.1, -0.05) is 6.07 Å². The molecule has 1 aliphatic carbocycles. The van der Waals surface area contributed by atoms with E-state index < -0.39 is 0 Å². The Morgan fingerprint density at radius 1 is 1.50 bits per heavy atom. The molecule has 0 spiro atoms. The number of methoxy groups -OCH3 is 1. The van der Waals surface area contributed by atoms with Crippen LogP contribution in [0.3, 0.4) is 0 Å². The summed E-state index contributed by atoms with van der Waals surface area (Å²) in [6.07, 6.45) is 2.31. The summed E-state index contributed by atoms with van der Waals surface area (Å²) >= 11 is 6.16. The van der Waals surface area contributed by atoms with Crippen LogP contribution in [0.4, 0.5) is 4.39 Å². The first-order chi connectivity index (χ1) is 6.72. The smallest absolute Gasteiger partial charge is 0.165 e. The molecule has 0 bridgehead atoms. The molecule has 0 heterocycles. The van der Waals surface area contributed by atoms with Gasteiger partial charge in [0.25, 0.3) is 0 Å². The lowest BCUT2D eigenvalue weighted by molar-refractivity contribution is 0.386. The number of ether oxygens (including phenoxy) is 1. The Bertz CT molecular complexity index is 336. The molecule has 1 aromatic carbocycles. The first-order valence-electron chi connectivity index (χ1n) is 4.70. The highest BCUT2D eigenvalue weighted by atomic mass is 35.5. The molecular formula is C11H12ClFO. The molecule has 2 rings (SSSR count). The van der Waals surface area contributed by atoms with Crippen molar-refractivity contribution in [2.75, 3.05) is 7.11 Å². The standard InChI is InChI=1S/C11H12ClFO/c1-14-10-5-4-8(6-9(10)13)11(12)7-2-3-7/h4-7,11H,2-3H2,1H3. The molecule has 0 aromatic heterocycles. The fraction of sp³-hybridized carbons (Fsp3) is 0.455. The Morgan fingerprint density at radius 3 is 2.71 bits per heavy atom. The lowest BCUT2D eigenvalue weighted by Gasteiger charge is -2.09. The zero-order valence-corrected chi connectivity index (χ0v) is 8.72. The van der Waals surface area contributed by atoms with Gasteiger partial charge in [-0.3, -0.25) is 0 Å². The largest absolute Gasteiger partial charge is 0.494 e. The van der Waals surface area contributed by atoms with Gasteiger partial charge in [-0.05, 0) is 36.5 Å². The van der Waals surface area contributed by atoms with Crippen LogP contribution in [0.2, 0.25) is 0 Å². The summed E-state index contributed by atoms with van der Waals surface area (Å²) in [5, 5.41) is -0.0459. The van der Waals surface area contributed by atoms with Crippen LogP contribution in [-0.4, -0.2) is 7.11 Å². The minimum absolute atomic E-state index is 0.0459. The average molecular weight is 215 g/mol. The van der Waals surface area contributed by atoms with Gasteiger partial charge in [0.1, 0.15) is 0 Å². The highest BCUT2D eigenvalue weighted by Crippen LogP contribution is 2.45. The predicted molar refractivity (Wildman–Crippen MR) is 54.3 cm³/mol. The number of halogens is 2. The molecule has 3 heteroatoms. The monoisotopic (exact) mass is 214 g/mol. The van der Waals surface area contributed by atoms with Crippen molar-refractivity contribution < 1.29 is 9.13 Å². The molecule has 1 aromatic rings. The highest BCUT2D eigenvalue weighted by molar-refractivity contribution is 6.21. The minimum atomic E-state index is -0.337. The Hall–Kier alpha value is -0.760. The Balaban J connectivity index is 2.22. The third kappa shape index (κ3) is 1.85. The molecular weight excluding hydrogens is 203 g/mol. The van der Waals surface area contributed by atoms with Gasteiger partial charge in [0.15, 0.2) is 11.6 Å². The van der Waals surface area contributed by atoms with E-state index in [-0.39, 0.29) is 16.9 Å². The molecule has 1 saturated carbocycles. The summed E-state index contributed by atoms with van der Waals surface area (Å²) in [7, 11) is 1.46. The molecule has 1 atom stereocenters. The lowest BCUT2D eigenvalue weighted by atomic mass is 10.1. The molecule has 1 nitrogen and oxygen atoms in total. The van der Waals surface area contributed by atoms with Gasteiger partial charge in [-0.15, -0.1) is 11.6 Å². The van der Waals surface area contributed by atoms with E-state index >= 15 is 0 Å². The predicted octanol–water partition coefficient (Wildman–Crippen LogP) is 3.52. The fourth-order valence-corrected chi connectivity index (χ4v) is 1.90. The van der Waals surface area contributed by atoms with Gasteiger partial charge < -0.3 is 4.74 Å². The first kappa shape index (κ1) is 9.78. The van der Waals surface area contributed by atoms with Gasteiger partial charge in [-0.25, -0.2) is 4.39 Å². The van der Waals surface area contributed by atoms with Crippen molar-refractivity contribution in [3.63, 3.8) is 0 Å². The summed E-state index contributed by atoms with van der Waals surface area (Å²) in [5.41, 5.74) is 0.854. The maximum atomic E-state index is 13.3. The van der Waals surface area contributed by atoms with Gasteiger partial charge in [0, 0.05) is 0 Å². The molecule has 0 saturated heterocycles. The maximum Gasteiger partial charge on any atom is 0.165 e. The molecule has 76 valence electrons. The number of rotatable bonds is 3. The van der Waals surface area contributed by atoms with Crippen LogP contribution in [0.5, 0.6) is 5.75 Å². The van der Waals surface area contributed by atoms with Crippen LogP contribution in [0.15, 0.2) is 18.2 Å². The van der Waals surface area contributed by atoms with Gasteiger partial charge in [-0.2, -0.15) is 0 Å². The molecule has 0 aliphatic heterocycles. The topological polar surface area (TPSA) is 9.23 Å². The van der Waals surface area contributed by atoms with E-state index in [1.807, 2.05) is 6.07 Å². The van der Waals surface area contributed by atoms with Gasteiger partial charge in [0.2, 0.25) is 0 Å². The van der Waals surface area contributed by atoms with Crippen molar-refractivity contribution in [1.82, 2.24) is 0 Å². The maximum absolute atomic E-state index is 13.3. The van der Waals surface area contributed by atoms with E-state index in [2.05, 4.69) is 0 Å². The average Bonchev–Trinajstić information content (AvgIpc) is 3.00. The summed E-state index contributed by atoms with van der Waals surface area (Å²) in [6.45, 7) is 0. The van der Waals surface area contributed by atoms with E-state index in [9.17, 15) is 4.39 Å². The number of benzene rings is 1.